The largest absolute Gasteiger partial charge is 0.482 e. The third-order valence-electron chi connectivity index (χ3n) is 4.70. The Labute approximate surface area is 152 Å². The van der Waals surface area contributed by atoms with Crippen molar-refractivity contribution in [2.24, 2.45) is 0 Å². The van der Waals surface area contributed by atoms with Crippen LogP contribution in [0.15, 0.2) is 28.7 Å². The molecule has 1 aromatic carbocycles. The zero-order valence-electron chi connectivity index (χ0n) is 14.4. The first-order valence-electron chi connectivity index (χ1n) is 8.36. The van der Waals surface area contributed by atoms with Gasteiger partial charge < -0.3 is 4.74 Å². The predicted molar refractivity (Wildman–Crippen MR) is 100 cm³/mol. The Hall–Kier alpha value is -1.01. The van der Waals surface area contributed by atoms with Gasteiger partial charge in [-0.1, -0.05) is 22.4 Å². The summed E-state index contributed by atoms with van der Waals surface area (Å²) >= 11 is 3.46. The molecule has 2 aliphatic rings. The lowest BCUT2D eigenvalue weighted by atomic mass is 9.82. The molecule has 0 radical (unpaired) electrons. The monoisotopic (exact) mass is 413 g/mol. The number of hydrogen-bond donors (Lipinski definition) is 1. The minimum absolute atomic E-state index is 0.394. The Morgan fingerprint density at radius 1 is 1.17 bits per heavy atom. The van der Waals surface area contributed by atoms with Crippen molar-refractivity contribution in [3.63, 3.8) is 0 Å². The Kier molecular flexibility index (Phi) is 4.49. The average molecular weight is 414 g/mol. The molecular weight excluding hydrogens is 390 g/mol. The second-order valence-corrected chi connectivity index (χ2v) is 11.0. The normalized spacial score (nSPS) is 20.1. The van der Waals surface area contributed by atoms with E-state index in [0.717, 1.165) is 41.5 Å². The second-order valence-electron chi connectivity index (χ2n) is 7.64. The summed E-state index contributed by atoms with van der Waals surface area (Å²) in [6.45, 7) is 5.11. The molecule has 3 rings (SSSR count). The number of sulfonamides is 1. The van der Waals surface area contributed by atoms with Crippen LogP contribution < -0.4 is 9.46 Å². The summed E-state index contributed by atoms with van der Waals surface area (Å²) in [5, 5.41) is 0. The van der Waals surface area contributed by atoms with Crippen molar-refractivity contribution >= 4 is 31.7 Å². The molecular formula is C18H24BrNO3S. The van der Waals surface area contributed by atoms with Crippen LogP contribution in [0.5, 0.6) is 5.75 Å². The van der Waals surface area contributed by atoms with Crippen molar-refractivity contribution < 1.29 is 13.2 Å². The molecule has 0 atom stereocenters. The molecule has 1 fully saturated rings. The van der Waals surface area contributed by atoms with Crippen LogP contribution in [0.2, 0.25) is 0 Å². The molecule has 132 valence electrons. The molecule has 1 N–H and O–H groups in total. The van der Waals surface area contributed by atoms with Gasteiger partial charge >= 0.3 is 0 Å². The van der Waals surface area contributed by atoms with Crippen LogP contribution in [0.1, 0.15) is 58.4 Å². The fourth-order valence-corrected chi connectivity index (χ4v) is 4.30. The Morgan fingerprint density at radius 3 is 2.46 bits per heavy atom. The fraction of sp³-hybridized carbons (Fsp3) is 0.556. The lowest BCUT2D eigenvalue weighted by molar-refractivity contribution is 0.0742. The van der Waals surface area contributed by atoms with Gasteiger partial charge in [0, 0.05) is 10.0 Å². The van der Waals surface area contributed by atoms with E-state index < -0.39 is 20.4 Å². The summed E-state index contributed by atoms with van der Waals surface area (Å²) in [7, 11) is -3.50. The Bertz CT molecular complexity index is 772. The lowest BCUT2D eigenvalue weighted by Crippen LogP contribution is -2.43. The Morgan fingerprint density at radius 2 is 1.83 bits per heavy atom. The highest BCUT2D eigenvalue weighted by atomic mass is 79.9. The Balaban J connectivity index is 2.07. The van der Waals surface area contributed by atoms with Gasteiger partial charge in [0.2, 0.25) is 10.0 Å². The van der Waals surface area contributed by atoms with Gasteiger partial charge in [0.1, 0.15) is 11.4 Å². The van der Waals surface area contributed by atoms with Crippen molar-refractivity contribution in [3.8, 4) is 5.75 Å². The molecule has 1 saturated carbocycles. The summed E-state index contributed by atoms with van der Waals surface area (Å²) in [5.74, 6) is 0.745. The molecule has 0 amide bonds. The molecule has 1 aliphatic heterocycles. The van der Waals surface area contributed by atoms with Gasteiger partial charge in [0.25, 0.3) is 0 Å². The first-order valence-corrected chi connectivity index (χ1v) is 10.6. The summed E-state index contributed by atoms with van der Waals surface area (Å²) in [5.41, 5.74) is 1.03. The fourth-order valence-electron chi connectivity index (χ4n) is 3.17. The van der Waals surface area contributed by atoms with E-state index in [-0.39, 0.29) is 0 Å². The number of ether oxygens (including phenoxy) is 1. The van der Waals surface area contributed by atoms with Crippen LogP contribution in [0, 0.1) is 0 Å². The lowest BCUT2D eigenvalue weighted by Gasteiger charge is -2.40. The summed E-state index contributed by atoms with van der Waals surface area (Å²) in [4.78, 5) is 0. The number of fused-ring (bicyclic) bond motifs is 1. The van der Waals surface area contributed by atoms with E-state index in [1.807, 2.05) is 24.3 Å². The van der Waals surface area contributed by atoms with Gasteiger partial charge in [-0.25, -0.2) is 8.42 Å². The van der Waals surface area contributed by atoms with Gasteiger partial charge in [-0.3, -0.25) is 4.72 Å². The molecule has 24 heavy (non-hydrogen) atoms. The zero-order chi connectivity index (χ0) is 17.6. The smallest absolute Gasteiger partial charge is 0.237 e. The highest BCUT2D eigenvalue weighted by Gasteiger charge is 2.39. The highest BCUT2D eigenvalue weighted by molar-refractivity contribution is 9.10. The maximum atomic E-state index is 12.7. The summed E-state index contributed by atoms with van der Waals surface area (Å²) < 4.78 is 34.5. The first-order chi connectivity index (χ1) is 11.1. The van der Waals surface area contributed by atoms with Crippen LogP contribution >= 0.6 is 15.9 Å². The average Bonchev–Trinajstić information content (AvgIpc) is 2.47. The van der Waals surface area contributed by atoms with Crippen LogP contribution in [0.3, 0.4) is 0 Å². The second kappa shape index (κ2) is 6.06. The standard InChI is InChI=1S/C18H24BrNO3S/c1-17(2,3)24(21,22)20-15-12-18(9-5-4-6-10-18)23-16-8-7-13(19)11-14(15)16/h7-8,11-12,20H,4-6,9-10H2,1-3H3. The topological polar surface area (TPSA) is 55.4 Å². The minimum atomic E-state index is -3.50. The molecule has 4 nitrogen and oxygen atoms in total. The van der Waals surface area contributed by atoms with Gasteiger partial charge in [-0.2, -0.15) is 0 Å². The van der Waals surface area contributed by atoms with E-state index in [2.05, 4.69) is 20.7 Å². The van der Waals surface area contributed by atoms with Crippen molar-refractivity contribution in [2.45, 2.75) is 63.2 Å². The third kappa shape index (κ3) is 3.36. The summed E-state index contributed by atoms with van der Waals surface area (Å²) in [6, 6.07) is 5.74. The summed E-state index contributed by atoms with van der Waals surface area (Å²) in [6.07, 6.45) is 7.23. The number of benzene rings is 1. The van der Waals surface area contributed by atoms with E-state index in [9.17, 15) is 8.42 Å². The molecule has 0 unspecified atom stereocenters. The molecule has 0 saturated heterocycles. The van der Waals surface area contributed by atoms with Gasteiger partial charge in [0.15, 0.2) is 0 Å². The van der Waals surface area contributed by atoms with Crippen molar-refractivity contribution in [1.29, 1.82) is 0 Å². The SMILES string of the molecule is CC(C)(C)S(=O)(=O)NC1=CC2(CCCCC2)Oc2ccc(Br)cc21. The van der Waals surface area contributed by atoms with Crippen LogP contribution in [-0.4, -0.2) is 18.8 Å². The third-order valence-corrected chi connectivity index (χ3v) is 7.30. The molecule has 0 aromatic heterocycles. The first kappa shape index (κ1) is 17.8. The predicted octanol–water partition coefficient (Wildman–Crippen LogP) is 4.60. The van der Waals surface area contributed by atoms with Crippen molar-refractivity contribution in [2.75, 3.05) is 0 Å². The number of rotatable bonds is 2. The number of nitrogens with one attached hydrogen (secondary N) is 1. The van der Waals surface area contributed by atoms with Gasteiger partial charge in [-0.15, -0.1) is 0 Å². The van der Waals surface area contributed by atoms with Crippen molar-refractivity contribution in [3.05, 3.63) is 34.3 Å². The number of halogens is 1. The van der Waals surface area contributed by atoms with Crippen molar-refractivity contribution in [1.82, 2.24) is 4.72 Å². The van der Waals surface area contributed by atoms with Crippen LogP contribution in [0.25, 0.3) is 5.70 Å². The maximum Gasteiger partial charge on any atom is 0.237 e. The molecule has 0 bridgehead atoms. The molecule has 1 spiro atoms. The number of hydrogen-bond acceptors (Lipinski definition) is 3. The molecule has 1 heterocycles. The maximum absolute atomic E-state index is 12.7. The van der Waals surface area contributed by atoms with Crippen LogP contribution in [0.4, 0.5) is 0 Å². The van der Waals surface area contributed by atoms with E-state index in [4.69, 9.17) is 4.74 Å². The van der Waals surface area contributed by atoms with Crippen LogP contribution in [-0.2, 0) is 10.0 Å². The highest BCUT2D eigenvalue weighted by Crippen LogP contribution is 2.43. The quantitative estimate of drug-likeness (QED) is 0.770. The van der Waals surface area contributed by atoms with Gasteiger partial charge in [0.05, 0.1) is 10.4 Å². The molecule has 6 heteroatoms. The van der Waals surface area contributed by atoms with E-state index >= 15 is 0 Å². The van der Waals surface area contributed by atoms with Gasteiger partial charge in [-0.05, 0) is 70.7 Å². The van der Waals surface area contributed by atoms with E-state index in [1.54, 1.807) is 20.8 Å². The van der Waals surface area contributed by atoms with E-state index in [1.165, 1.54) is 6.42 Å². The molecule has 1 aromatic rings. The van der Waals surface area contributed by atoms with E-state index in [0.29, 0.717) is 5.70 Å². The molecule has 1 aliphatic carbocycles. The zero-order valence-corrected chi connectivity index (χ0v) is 16.8. The minimum Gasteiger partial charge on any atom is -0.482 e.